The fourth-order valence-electron chi connectivity index (χ4n) is 3.68. The summed E-state index contributed by atoms with van der Waals surface area (Å²) in [4.78, 5) is 15.2. The van der Waals surface area contributed by atoms with Crippen molar-refractivity contribution in [1.82, 2.24) is 14.8 Å². The molecule has 2 aliphatic rings. The molecule has 1 aliphatic heterocycles. The Labute approximate surface area is 147 Å². The molecule has 0 aromatic carbocycles. The highest BCUT2D eigenvalue weighted by Gasteiger charge is 2.34. The Balaban J connectivity index is 1.46. The maximum absolute atomic E-state index is 12.7. The minimum atomic E-state index is -0.221. The second kappa shape index (κ2) is 6.41. The smallest absolute Gasteiger partial charge is 0.256 e. The number of carbonyl (C=O) groups excluding carboxylic acids is 1. The van der Waals surface area contributed by atoms with Crippen molar-refractivity contribution in [3.05, 3.63) is 41.4 Å². The highest BCUT2D eigenvalue weighted by atomic mass is 16.4. The molecule has 130 valence electrons. The summed E-state index contributed by atoms with van der Waals surface area (Å²) < 4.78 is 7.42. The Morgan fingerprint density at radius 1 is 1.36 bits per heavy atom. The van der Waals surface area contributed by atoms with Crippen LogP contribution in [0.1, 0.15) is 40.9 Å². The summed E-state index contributed by atoms with van der Waals surface area (Å²) in [5, 5.41) is 12.5. The number of nitrogens with zero attached hydrogens (tertiary/aromatic N) is 3. The van der Waals surface area contributed by atoms with Gasteiger partial charge in [-0.1, -0.05) is 0 Å². The molecule has 6 nitrogen and oxygen atoms in total. The lowest BCUT2D eigenvalue weighted by molar-refractivity contribution is 0.0945. The van der Waals surface area contributed by atoms with E-state index in [0.29, 0.717) is 29.7 Å². The van der Waals surface area contributed by atoms with Crippen LogP contribution in [0.25, 0.3) is 5.88 Å². The van der Waals surface area contributed by atoms with Gasteiger partial charge in [0.1, 0.15) is 23.0 Å². The van der Waals surface area contributed by atoms with Gasteiger partial charge in [-0.3, -0.25) is 9.36 Å². The highest BCUT2D eigenvalue weighted by Crippen LogP contribution is 2.31. The van der Waals surface area contributed by atoms with Gasteiger partial charge in [0.25, 0.3) is 5.91 Å². The van der Waals surface area contributed by atoms with Crippen molar-refractivity contribution in [3.63, 3.8) is 0 Å². The molecule has 0 bridgehead atoms. The van der Waals surface area contributed by atoms with Gasteiger partial charge in [-0.25, -0.2) is 0 Å². The Morgan fingerprint density at radius 2 is 2.12 bits per heavy atom. The standard InChI is InChI=1S/C19H22N4O2/c1-13-17(16(10-20)19(25-13)22-7-2-3-8-22)18(24)21-11-14-6-9-23(12-14)15-4-5-15/h2-3,7-8,14-15H,4-6,9,11-12H2,1H3,(H,21,24). The van der Waals surface area contributed by atoms with E-state index in [1.54, 1.807) is 23.9 Å². The summed E-state index contributed by atoms with van der Waals surface area (Å²) >= 11 is 0. The summed E-state index contributed by atoms with van der Waals surface area (Å²) in [7, 11) is 0. The maximum Gasteiger partial charge on any atom is 0.256 e. The van der Waals surface area contributed by atoms with E-state index in [4.69, 9.17) is 4.42 Å². The van der Waals surface area contributed by atoms with Crippen LogP contribution in [-0.2, 0) is 0 Å². The Bertz CT molecular complexity index is 811. The van der Waals surface area contributed by atoms with Gasteiger partial charge in [0.15, 0.2) is 0 Å². The second-order valence-corrected chi connectivity index (χ2v) is 7.01. The second-order valence-electron chi connectivity index (χ2n) is 7.01. The normalized spacial score (nSPS) is 20.6. The van der Waals surface area contributed by atoms with Gasteiger partial charge >= 0.3 is 0 Å². The number of carbonyl (C=O) groups is 1. The zero-order valence-corrected chi connectivity index (χ0v) is 14.4. The number of nitriles is 1. The third-order valence-corrected chi connectivity index (χ3v) is 5.18. The lowest BCUT2D eigenvalue weighted by atomic mass is 10.1. The number of rotatable bonds is 5. The molecule has 1 saturated heterocycles. The predicted octanol–water partition coefficient (Wildman–Crippen LogP) is 2.46. The summed E-state index contributed by atoms with van der Waals surface area (Å²) in [5.74, 6) is 1.15. The topological polar surface area (TPSA) is 74.2 Å². The molecule has 1 aliphatic carbocycles. The molecule has 1 N–H and O–H groups in total. The van der Waals surface area contributed by atoms with Crippen LogP contribution >= 0.6 is 0 Å². The van der Waals surface area contributed by atoms with E-state index < -0.39 is 0 Å². The molecule has 0 radical (unpaired) electrons. The van der Waals surface area contributed by atoms with Gasteiger partial charge in [-0.05, 0) is 50.8 Å². The van der Waals surface area contributed by atoms with Gasteiger partial charge < -0.3 is 14.6 Å². The van der Waals surface area contributed by atoms with Crippen molar-refractivity contribution in [2.24, 2.45) is 5.92 Å². The lowest BCUT2D eigenvalue weighted by Gasteiger charge is -2.15. The first-order valence-electron chi connectivity index (χ1n) is 8.86. The summed E-state index contributed by atoms with van der Waals surface area (Å²) in [6.45, 7) is 4.58. The van der Waals surface area contributed by atoms with Crippen LogP contribution in [0, 0.1) is 24.2 Å². The first-order valence-corrected chi connectivity index (χ1v) is 8.86. The molecule has 4 rings (SSSR count). The van der Waals surface area contributed by atoms with E-state index in [1.807, 2.05) is 12.1 Å². The van der Waals surface area contributed by atoms with Crippen LogP contribution in [0.5, 0.6) is 0 Å². The highest BCUT2D eigenvalue weighted by molar-refractivity contribution is 5.98. The molecule has 2 aromatic heterocycles. The number of furan rings is 1. The van der Waals surface area contributed by atoms with Crippen molar-refractivity contribution in [1.29, 1.82) is 5.26 Å². The first kappa shape index (κ1) is 16.0. The zero-order valence-electron chi connectivity index (χ0n) is 14.4. The van der Waals surface area contributed by atoms with E-state index in [-0.39, 0.29) is 11.5 Å². The van der Waals surface area contributed by atoms with E-state index in [0.717, 1.165) is 25.6 Å². The quantitative estimate of drug-likeness (QED) is 0.909. The first-order chi connectivity index (χ1) is 12.2. The predicted molar refractivity (Wildman–Crippen MR) is 92.5 cm³/mol. The van der Waals surface area contributed by atoms with E-state index in [1.165, 1.54) is 12.8 Å². The van der Waals surface area contributed by atoms with Gasteiger partial charge in [-0.2, -0.15) is 5.26 Å². The van der Waals surface area contributed by atoms with Crippen molar-refractivity contribution in [2.45, 2.75) is 32.2 Å². The molecule has 25 heavy (non-hydrogen) atoms. The van der Waals surface area contributed by atoms with E-state index >= 15 is 0 Å². The summed E-state index contributed by atoms with van der Waals surface area (Å²) in [5.41, 5.74) is 0.639. The van der Waals surface area contributed by atoms with Crippen LogP contribution in [-0.4, -0.2) is 41.1 Å². The Hall–Kier alpha value is -2.52. The lowest BCUT2D eigenvalue weighted by Crippen LogP contribution is -2.32. The van der Waals surface area contributed by atoms with Gasteiger partial charge in [-0.15, -0.1) is 0 Å². The molecule has 1 atom stereocenters. The van der Waals surface area contributed by atoms with Crippen molar-refractivity contribution >= 4 is 5.91 Å². The van der Waals surface area contributed by atoms with Crippen LogP contribution < -0.4 is 5.32 Å². The Morgan fingerprint density at radius 3 is 2.80 bits per heavy atom. The molecule has 2 fully saturated rings. The molecule has 3 heterocycles. The van der Waals surface area contributed by atoms with Crippen LogP contribution in [0.4, 0.5) is 0 Å². The molecule has 1 saturated carbocycles. The number of likely N-dealkylation sites (tertiary alicyclic amines) is 1. The maximum atomic E-state index is 12.7. The third kappa shape index (κ3) is 3.08. The van der Waals surface area contributed by atoms with Gasteiger partial charge in [0.2, 0.25) is 5.88 Å². The monoisotopic (exact) mass is 338 g/mol. The number of hydrogen-bond acceptors (Lipinski definition) is 4. The SMILES string of the molecule is Cc1oc(-n2cccc2)c(C#N)c1C(=O)NCC1CCN(C2CC2)C1. The minimum Gasteiger partial charge on any atom is -0.443 e. The summed E-state index contributed by atoms with van der Waals surface area (Å²) in [6, 6.07) is 6.62. The van der Waals surface area contributed by atoms with Crippen molar-refractivity contribution in [2.75, 3.05) is 19.6 Å². The number of amides is 1. The third-order valence-electron chi connectivity index (χ3n) is 5.18. The zero-order chi connectivity index (χ0) is 17.4. The van der Waals surface area contributed by atoms with Crippen molar-refractivity contribution < 1.29 is 9.21 Å². The summed E-state index contributed by atoms with van der Waals surface area (Å²) in [6.07, 6.45) is 7.36. The largest absolute Gasteiger partial charge is 0.443 e. The van der Waals surface area contributed by atoms with Gasteiger partial charge in [0, 0.05) is 31.5 Å². The minimum absolute atomic E-state index is 0.221. The van der Waals surface area contributed by atoms with Crippen LogP contribution in [0.3, 0.4) is 0 Å². The molecule has 0 spiro atoms. The molecular weight excluding hydrogens is 316 g/mol. The average molecular weight is 338 g/mol. The van der Waals surface area contributed by atoms with Crippen LogP contribution in [0.15, 0.2) is 28.9 Å². The molecule has 1 amide bonds. The number of aryl methyl sites for hydroxylation is 1. The van der Waals surface area contributed by atoms with E-state index in [2.05, 4.69) is 16.3 Å². The molecule has 2 aromatic rings. The van der Waals surface area contributed by atoms with Crippen LogP contribution in [0.2, 0.25) is 0 Å². The number of nitrogens with one attached hydrogen (secondary N) is 1. The number of aromatic nitrogens is 1. The molecule has 6 heteroatoms. The van der Waals surface area contributed by atoms with Crippen molar-refractivity contribution in [3.8, 4) is 12.0 Å². The fraction of sp³-hybridized carbons (Fsp3) is 0.474. The van der Waals surface area contributed by atoms with E-state index in [9.17, 15) is 10.1 Å². The van der Waals surface area contributed by atoms with Gasteiger partial charge in [0.05, 0.1) is 0 Å². The average Bonchev–Trinajstić information content (AvgIpc) is 3.04. The molecular formula is C19H22N4O2. The number of hydrogen-bond donors (Lipinski definition) is 1. The molecule has 1 unspecified atom stereocenters. The Kier molecular flexibility index (Phi) is 4.10. The fourth-order valence-corrected chi connectivity index (χ4v) is 3.68.